The molecule has 0 spiro atoms. The van der Waals surface area contributed by atoms with Gasteiger partial charge in [0.05, 0.1) is 26.6 Å². The molecule has 1 heterocycles. The van der Waals surface area contributed by atoms with Gasteiger partial charge < -0.3 is 14.6 Å². The van der Waals surface area contributed by atoms with E-state index in [-0.39, 0.29) is 29.1 Å². The molecule has 0 fully saturated rings. The van der Waals surface area contributed by atoms with Crippen LogP contribution >= 0.6 is 23.2 Å². The average Bonchev–Trinajstić information content (AvgIpc) is 3.50. The van der Waals surface area contributed by atoms with Crippen molar-refractivity contribution in [1.29, 1.82) is 0 Å². The van der Waals surface area contributed by atoms with E-state index in [1.807, 2.05) is 84.4 Å². The van der Waals surface area contributed by atoms with Crippen LogP contribution in [0.3, 0.4) is 0 Å². The van der Waals surface area contributed by atoms with E-state index in [9.17, 15) is 14.4 Å². The Morgan fingerprint density at radius 1 is 0.765 bits per heavy atom. The summed E-state index contributed by atoms with van der Waals surface area (Å²) in [6, 6.07) is 29.6. The van der Waals surface area contributed by atoms with Gasteiger partial charge in [-0.25, -0.2) is 9.78 Å². The number of Topliss-reactive ketones (excluding diaryl/α,β-unsaturated/α-hetero) is 1. The maximum absolute atomic E-state index is 13.3. The van der Waals surface area contributed by atoms with Crippen molar-refractivity contribution in [3.05, 3.63) is 135 Å². The van der Waals surface area contributed by atoms with E-state index in [1.165, 1.54) is 0 Å². The molecule has 0 saturated carbocycles. The molecule has 0 aliphatic heterocycles. The minimum absolute atomic E-state index is 0.0139. The normalized spacial score (nSPS) is 11.6. The number of carbonyl (C=O) groups is 3. The molecule has 0 aliphatic carbocycles. The number of carbonyl (C=O) groups excluding carboxylic acids is 2. The van der Waals surface area contributed by atoms with Gasteiger partial charge in [0.25, 0.3) is 5.91 Å². The molecular weight excluding hydrogens is 681 g/mol. The molecule has 1 aromatic heterocycles. The molecule has 1 atom stereocenters. The van der Waals surface area contributed by atoms with Gasteiger partial charge in [-0.3, -0.25) is 9.59 Å². The zero-order valence-electron chi connectivity index (χ0n) is 29.8. The topological polar surface area (TPSA) is 92.5 Å². The fourth-order valence-corrected chi connectivity index (χ4v) is 6.64. The van der Waals surface area contributed by atoms with Crippen LogP contribution in [0.2, 0.25) is 10.0 Å². The van der Waals surface area contributed by atoms with Crippen molar-refractivity contribution in [2.75, 3.05) is 13.6 Å². The van der Waals surface area contributed by atoms with Gasteiger partial charge >= 0.3 is 5.97 Å². The molecular formula is C42H47Cl2N3O4. The first-order valence-corrected chi connectivity index (χ1v) is 18.4. The van der Waals surface area contributed by atoms with Crippen LogP contribution in [0.4, 0.5) is 0 Å². The van der Waals surface area contributed by atoms with Crippen LogP contribution in [-0.4, -0.2) is 50.8 Å². The molecule has 1 N–H and O–H groups in total. The van der Waals surface area contributed by atoms with Crippen LogP contribution in [-0.2, 0) is 6.54 Å². The summed E-state index contributed by atoms with van der Waals surface area (Å²) >= 11 is 12.1. The SMILES string of the molecule is CCCC(CCC)C(=O)c1nc2ccccc2n1Cc1ccc(C(=O)O)cc1.CCCC(CN(C)C(=O)c1ccccc1)c1ccc(Cl)c(Cl)c1. The number of halogens is 2. The zero-order chi connectivity index (χ0) is 36.9. The van der Waals surface area contributed by atoms with Crippen LogP contribution in [0, 0.1) is 5.92 Å². The molecule has 0 saturated heterocycles. The van der Waals surface area contributed by atoms with Crippen LogP contribution in [0.25, 0.3) is 11.0 Å². The summed E-state index contributed by atoms with van der Waals surface area (Å²) in [5.74, 6) is -0.0888. The summed E-state index contributed by atoms with van der Waals surface area (Å²) < 4.78 is 1.96. The van der Waals surface area contributed by atoms with Crippen molar-refractivity contribution in [1.82, 2.24) is 14.5 Å². The second-order valence-electron chi connectivity index (χ2n) is 12.9. The van der Waals surface area contributed by atoms with Gasteiger partial charge in [-0.1, -0.05) is 112 Å². The second kappa shape index (κ2) is 19.2. The highest BCUT2D eigenvalue weighted by Crippen LogP contribution is 2.30. The molecule has 5 aromatic rings. The fraction of sp³-hybridized carbons (Fsp3) is 0.333. The highest BCUT2D eigenvalue weighted by atomic mass is 35.5. The van der Waals surface area contributed by atoms with Crippen LogP contribution in [0.1, 0.15) is 108 Å². The van der Waals surface area contributed by atoms with Gasteiger partial charge in [0, 0.05) is 37.5 Å². The van der Waals surface area contributed by atoms with Crippen molar-refractivity contribution < 1.29 is 19.5 Å². The third kappa shape index (κ3) is 10.5. The molecule has 0 bridgehead atoms. The van der Waals surface area contributed by atoms with Gasteiger partial charge in [-0.15, -0.1) is 0 Å². The number of amides is 1. The number of nitrogens with zero attached hydrogens (tertiary/aromatic N) is 3. The minimum atomic E-state index is -0.947. The first kappa shape index (κ1) is 39.3. The van der Waals surface area contributed by atoms with E-state index in [0.717, 1.165) is 60.7 Å². The van der Waals surface area contributed by atoms with E-state index in [2.05, 4.69) is 25.8 Å². The number of benzene rings is 4. The highest BCUT2D eigenvalue weighted by molar-refractivity contribution is 6.42. The number of hydrogen-bond donors (Lipinski definition) is 1. The average molecular weight is 729 g/mol. The van der Waals surface area contributed by atoms with Crippen molar-refractivity contribution >= 4 is 51.9 Å². The van der Waals surface area contributed by atoms with Crippen LogP contribution in [0.15, 0.2) is 97.1 Å². The van der Waals surface area contributed by atoms with Gasteiger partial charge in [-0.2, -0.15) is 0 Å². The monoisotopic (exact) mass is 727 g/mol. The Kier molecular flexibility index (Phi) is 14.8. The molecule has 4 aromatic carbocycles. The lowest BCUT2D eigenvalue weighted by molar-refractivity contribution is 0.0695. The third-order valence-electron chi connectivity index (χ3n) is 8.98. The lowest BCUT2D eigenvalue weighted by Gasteiger charge is -2.25. The molecule has 0 aliphatic rings. The van der Waals surface area contributed by atoms with Crippen LogP contribution in [0.5, 0.6) is 0 Å². The van der Waals surface area contributed by atoms with Gasteiger partial charge in [0.15, 0.2) is 5.82 Å². The predicted molar refractivity (Wildman–Crippen MR) is 207 cm³/mol. The lowest BCUT2D eigenvalue weighted by atomic mass is 9.93. The third-order valence-corrected chi connectivity index (χ3v) is 9.71. The van der Waals surface area contributed by atoms with Crippen molar-refractivity contribution in [3.63, 3.8) is 0 Å². The standard InChI is InChI=1S/C23H26N2O3.C19H21Cl2NO/c1-3-7-17(8-4-2)21(26)22-24-19-9-5-6-10-20(19)25(22)15-16-11-13-18(14-12-16)23(27)28;1-3-7-16(15-10-11-17(20)18(21)12-15)13-22(2)19(23)14-8-5-4-6-9-14/h5-6,9-14,17H,3-4,7-8,15H2,1-2H3,(H,27,28);4-6,8-12,16H,3,7,13H2,1-2H3. The number of aromatic nitrogens is 2. The predicted octanol–water partition coefficient (Wildman–Crippen LogP) is 10.8. The molecule has 1 unspecified atom stereocenters. The molecule has 1 amide bonds. The van der Waals surface area contributed by atoms with E-state index >= 15 is 0 Å². The summed E-state index contributed by atoms with van der Waals surface area (Å²) in [7, 11) is 1.84. The number of fused-ring (bicyclic) bond motifs is 1. The molecule has 9 heteroatoms. The first-order valence-electron chi connectivity index (χ1n) is 17.6. The number of ketones is 1. The van der Waals surface area contributed by atoms with Gasteiger partial charge in [0.1, 0.15) is 0 Å². The lowest BCUT2D eigenvalue weighted by Crippen LogP contribution is -2.31. The number of aromatic carboxylic acids is 1. The summed E-state index contributed by atoms with van der Waals surface area (Å²) in [6.45, 7) is 7.47. The van der Waals surface area contributed by atoms with Crippen molar-refractivity contribution in [2.24, 2.45) is 5.92 Å². The van der Waals surface area contributed by atoms with Crippen molar-refractivity contribution in [2.45, 2.75) is 71.8 Å². The molecule has 51 heavy (non-hydrogen) atoms. The number of carboxylic acids is 1. The first-order chi connectivity index (χ1) is 24.6. The number of rotatable bonds is 15. The number of para-hydroxylation sites is 2. The number of carboxylic acid groups (broad SMARTS) is 1. The Bertz CT molecular complexity index is 1900. The smallest absolute Gasteiger partial charge is 0.335 e. The maximum Gasteiger partial charge on any atom is 0.335 e. The Labute approximate surface area is 311 Å². The summed E-state index contributed by atoms with van der Waals surface area (Å²) in [5.41, 5.74) is 4.74. The Morgan fingerprint density at radius 3 is 2.00 bits per heavy atom. The van der Waals surface area contributed by atoms with Gasteiger partial charge in [-0.05, 0) is 78.9 Å². The largest absolute Gasteiger partial charge is 0.478 e. The van der Waals surface area contributed by atoms with E-state index in [4.69, 9.17) is 28.3 Å². The molecule has 7 nitrogen and oxygen atoms in total. The number of imidazole rings is 1. The molecule has 268 valence electrons. The fourth-order valence-electron chi connectivity index (χ4n) is 6.34. The summed E-state index contributed by atoms with van der Waals surface area (Å²) in [6.07, 6.45) is 5.69. The quantitative estimate of drug-likeness (QED) is 0.108. The van der Waals surface area contributed by atoms with E-state index in [0.29, 0.717) is 34.5 Å². The van der Waals surface area contributed by atoms with E-state index < -0.39 is 5.97 Å². The Hall–Kier alpha value is -4.46. The van der Waals surface area contributed by atoms with Crippen molar-refractivity contribution in [3.8, 4) is 0 Å². The van der Waals surface area contributed by atoms with E-state index in [1.54, 1.807) is 29.2 Å². The summed E-state index contributed by atoms with van der Waals surface area (Å²) in [5, 5.41) is 10.2. The van der Waals surface area contributed by atoms with Crippen LogP contribution < -0.4 is 0 Å². The van der Waals surface area contributed by atoms with Gasteiger partial charge in [0.2, 0.25) is 5.78 Å². The molecule has 0 radical (unpaired) electrons. The number of hydrogen-bond acceptors (Lipinski definition) is 4. The Balaban J connectivity index is 0.000000233. The maximum atomic E-state index is 13.3. The molecule has 5 rings (SSSR count). The Morgan fingerprint density at radius 2 is 1.39 bits per heavy atom. The second-order valence-corrected chi connectivity index (χ2v) is 13.7. The highest BCUT2D eigenvalue weighted by Gasteiger charge is 2.25. The number of likely N-dealkylation sites (N-methyl/N-ethyl adjacent to an activating group) is 1. The zero-order valence-corrected chi connectivity index (χ0v) is 31.3. The minimum Gasteiger partial charge on any atom is -0.478 e. The summed E-state index contributed by atoms with van der Waals surface area (Å²) in [4.78, 5) is 43.3.